The van der Waals surface area contributed by atoms with Crippen molar-refractivity contribution >= 4 is 11.5 Å². The molecule has 0 saturated carbocycles. The molecule has 2 heterocycles. The van der Waals surface area contributed by atoms with Crippen molar-refractivity contribution in [1.82, 2.24) is 4.98 Å². The summed E-state index contributed by atoms with van der Waals surface area (Å²) in [5.41, 5.74) is 0.999. The molecule has 21 heavy (non-hydrogen) atoms. The van der Waals surface area contributed by atoms with Crippen molar-refractivity contribution in [2.24, 2.45) is 0 Å². The van der Waals surface area contributed by atoms with Crippen LogP contribution in [0.1, 0.15) is 11.5 Å². The molecule has 1 aliphatic rings. The Bertz CT molecular complexity index is 698. The summed E-state index contributed by atoms with van der Waals surface area (Å²) in [7, 11) is 0. The van der Waals surface area contributed by atoms with E-state index < -0.39 is 4.92 Å². The maximum absolute atomic E-state index is 10.6. The van der Waals surface area contributed by atoms with E-state index in [-0.39, 0.29) is 11.6 Å². The van der Waals surface area contributed by atoms with Gasteiger partial charge >= 0.3 is 0 Å². The Hall–Kier alpha value is -2.89. The number of nitro groups is 1. The Balaban J connectivity index is 1.90. The lowest BCUT2D eigenvalue weighted by atomic mass is 10.0. The molecule has 106 valence electrons. The molecule has 0 amide bonds. The molecule has 1 atom stereocenters. The van der Waals surface area contributed by atoms with E-state index in [2.05, 4.69) is 16.9 Å². The second-order valence-corrected chi connectivity index (χ2v) is 4.65. The van der Waals surface area contributed by atoms with Gasteiger partial charge in [-0.2, -0.15) is 0 Å². The van der Waals surface area contributed by atoms with Crippen LogP contribution in [0.2, 0.25) is 0 Å². The number of nitrogens with one attached hydrogen (secondary N) is 1. The fraction of sp³-hybridized carbons (Fsp3) is 0.133. The molecule has 1 aromatic heterocycles. The molecule has 6 heteroatoms. The lowest BCUT2D eigenvalue weighted by Crippen LogP contribution is -1.98. The van der Waals surface area contributed by atoms with Gasteiger partial charge in [0.05, 0.1) is 4.92 Å². The first-order valence-electron chi connectivity index (χ1n) is 6.46. The van der Waals surface area contributed by atoms with Crippen molar-refractivity contribution in [2.75, 3.05) is 11.9 Å². The molecule has 1 unspecified atom stereocenters. The number of hydrogen-bond acceptors (Lipinski definition) is 5. The van der Waals surface area contributed by atoms with Gasteiger partial charge in [0.1, 0.15) is 17.3 Å². The Morgan fingerprint density at radius 2 is 2.14 bits per heavy atom. The molecule has 0 spiro atoms. The van der Waals surface area contributed by atoms with Crippen LogP contribution in [0.15, 0.2) is 49.2 Å². The molecule has 3 rings (SSSR count). The van der Waals surface area contributed by atoms with Crippen LogP contribution in [0.25, 0.3) is 0 Å². The summed E-state index contributed by atoms with van der Waals surface area (Å²) >= 11 is 0. The zero-order chi connectivity index (χ0) is 14.8. The van der Waals surface area contributed by atoms with E-state index in [0.717, 1.165) is 17.9 Å². The van der Waals surface area contributed by atoms with Crippen LogP contribution in [0, 0.1) is 10.1 Å². The zero-order valence-electron chi connectivity index (χ0n) is 11.2. The smallest absolute Gasteiger partial charge is 0.269 e. The molecule has 1 N–H and O–H groups in total. The number of benzene rings is 1. The minimum absolute atomic E-state index is 0.0351. The minimum Gasteiger partial charge on any atom is -0.457 e. The number of nitrogens with zero attached hydrogens (tertiary/aromatic N) is 2. The van der Waals surface area contributed by atoms with Gasteiger partial charge in [-0.1, -0.05) is 6.08 Å². The zero-order valence-corrected chi connectivity index (χ0v) is 11.2. The number of fused-ring (bicyclic) bond motifs is 1. The number of non-ortho nitro benzene ring substituents is 1. The number of rotatable bonds is 4. The van der Waals surface area contributed by atoms with E-state index in [4.69, 9.17) is 4.74 Å². The van der Waals surface area contributed by atoms with Crippen LogP contribution in [-0.4, -0.2) is 16.5 Å². The van der Waals surface area contributed by atoms with E-state index in [0.29, 0.717) is 11.5 Å². The Labute approximate surface area is 121 Å². The third kappa shape index (κ3) is 2.43. The van der Waals surface area contributed by atoms with E-state index in [1.165, 1.54) is 12.1 Å². The summed E-state index contributed by atoms with van der Waals surface area (Å²) in [5, 5.41) is 13.8. The molecule has 1 aliphatic heterocycles. The predicted octanol–water partition coefficient (Wildman–Crippen LogP) is 3.48. The van der Waals surface area contributed by atoms with Gasteiger partial charge in [-0.25, -0.2) is 4.98 Å². The molecule has 6 nitrogen and oxygen atoms in total. The maximum atomic E-state index is 10.6. The van der Waals surface area contributed by atoms with Gasteiger partial charge in [-0.3, -0.25) is 10.1 Å². The minimum atomic E-state index is -0.439. The average Bonchev–Trinajstić information content (AvgIpc) is 2.92. The van der Waals surface area contributed by atoms with Crippen LogP contribution in [-0.2, 0) is 0 Å². The summed E-state index contributed by atoms with van der Waals surface area (Å²) in [6.07, 6.45) is 3.52. The molecule has 0 fully saturated rings. The highest BCUT2D eigenvalue weighted by Gasteiger charge is 2.25. The Morgan fingerprint density at radius 3 is 2.81 bits per heavy atom. The number of nitro benzene ring substituents is 1. The van der Waals surface area contributed by atoms with Crippen molar-refractivity contribution < 1.29 is 9.66 Å². The van der Waals surface area contributed by atoms with Gasteiger partial charge in [0, 0.05) is 36.4 Å². The largest absolute Gasteiger partial charge is 0.457 e. The predicted molar refractivity (Wildman–Crippen MR) is 78.8 cm³/mol. The van der Waals surface area contributed by atoms with Crippen LogP contribution < -0.4 is 10.1 Å². The van der Waals surface area contributed by atoms with E-state index in [1.807, 2.05) is 6.08 Å². The second kappa shape index (κ2) is 5.24. The van der Waals surface area contributed by atoms with Crippen molar-refractivity contribution in [3.63, 3.8) is 0 Å². The topological polar surface area (TPSA) is 77.3 Å². The number of ether oxygens (including phenoxy) is 1. The summed E-state index contributed by atoms with van der Waals surface area (Å²) < 4.78 is 5.84. The fourth-order valence-electron chi connectivity index (χ4n) is 2.32. The van der Waals surface area contributed by atoms with Gasteiger partial charge in [0.25, 0.3) is 5.69 Å². The van der Waals surface area contributed by atoms with Crippen LogP contribution in [0.3, 0.4) is 0 Å². The molecule has 0 radical (unpaired) electrons. The van der Waals surface area contributed by atoms with Gasteiger partial charge in [0.15, 0.2) is 0 Å². The van der Waals surface area contributed by atoms with Crippen LogP contribution >= 0.6 is 0 Å². The van der Waals surface area contributed by atoms with Gasteiger partial charge < -0.3 is 10.1 Å². The van der Waals surface area contributed by atoms with Gasteiger partial charge in [-0.15, -0.1) is 6.58 Å². The highest BCUT2D eigenvalue weighted by atomic mass is 16.6. The van der Waals surface area contributed by atoms with Crippen molar-refractivity contribution in [1.29, 1.82) is 0 Å². The summed E-state index contributed by atoms with van der Waals surface area (Å²) in [5.74, 6) is 2.16. The lowest BCUT2D eigenvalue weighted by Gasteiger charge is -2.12. The van der Waals surface area contributed by atoms with Crippen molar-refractivity contribution in [3.8, 4) is 11.5 Å². The normalized spacial score (nSPS) is 15.9. The Morgan fingerprint density at radius 1 is 1.38 bits per heavy atom. The first-order chi connectivity index (χ1) is 10.2. The maximum Gasteiger partial charge on any atom is 0.269 e. The van der Waals surface area contributed by atoms with Gasteiger partial charge in [-0.05, 0) is 18.2 Å². The molecular formula is C15H13N3O3. The molecule has 1 aromatic carbocycles. The second-order valence-electron chi connectivity index (χ2n) is 4.65. The van der Waals surface area contributed by atoms with Crippen molar-refractivity contribution in [3.05, 3.63) is 64.9 Å². The summed E-state index contributed by atoms with van der Waals surface area (Å²) in [6.45, 7) is 4.56. The molecule has 2 aromatic rings. The van der Waals surface area contributed by atoms with E-state index in [9.17, 15) is 10.1 Å². The average molecular weight is 283 g/mol. The lowest BCUT2D eigenvalue weighted by molar-refractivity contribution is -0.384. The summed E-state index contributed by atoms with van der Waals surface area (Å²) in [6, 6.07) is 7.77. The SMILES string of the molecule is C=CC1CNc2nccc(Oc3ccc([N+](=O)[O-])cc3)c21. The highest BCUT2D eigenvalue weighted by Crippen LogP contribution is 2.39. The van der Waals surface area contributed by atoms with Crippen LogP contribution in [0.4, 0.5) is 11.5 Å². The summed E-state index contributed by atoms with van der Waals surface area (Å²) in [4.78, 5) is 14.5. The first-order valence-corrected chi connectivity index (χ1v) is 6.46. The van der Waals surface area contributed by atoms with Gasteiger partial charge in [0.2, 0.25) is 0 Å². The standard InChI is InChI=1S/C15H13N3O3/c1-2-10-9-17-15-14(10)13(7-8-16-15)21-12-5-3-11(4-6-12)18(19)20/h2-8,10H,1,9H2,(H,16,17). The van der Waals surface area contributed by atoms with Crippen molar-refractivity contribution in [2.45, 2.75) is 5.92 Å². The highest BCUT2D eigenvalue weighted by molar-refractivity contribution is 5.60. The third-order valence-corrected chi connectivity index (χ3v) is 3.37. The first kappa shape index (κ1) is 13.1. The molecule has 0 bridgehead atoms. The number of hydrogen-bond donors (Lipinski definition) is 1. The molecule has 0 saturated heterocycles. The fourth-order valence-corrected chi connectivity index (χ4v) is 2.32. The Kier molecular flexibility index (Phi) is 3.27. The quantitative estimate of drug-likeness (QED) is 0.528. The number of aromatic nitrogens is 1. The van der Waals surface area contributed by atoms with E-state index >= 15 is 0 Å². The third-order valence-electron chi connectivity index (χ3n) is 3.37. The number of pyridine rings is 1. The van der Waals surface area contributed by atoms with E-state index in [1.54, 1.807) is 24.4 Å². The molecular weight excluding hydrogens is 270 g/mol. The monoisotopic (exact) mass is 283 g/mol. The molecule has 0 aliphatic carbocycles. The number of anilines is 1. The van der Waals surface area contributed by atoms with Crippen LogP contribution in [0.5, 0.6) is 11.5 Å².